The van der Waals surface area contributed by atoms with Crippen LogP contribution in [0.3, 0.4) is 0 Å². The molecule has 1 N–H and O–H groups in total. The van der Waals surface area contributed by atoms with Crippen molar-refractivity contribution in [1.82, 2.24) is 5.32 Å². The van der Waals surface area contributed by atoms with Crippen molar-refractivity contribution in [3.8, 4) is 5.75 Å². The highest BCUT2D eigenvalue weighted by atomic mass is 16.5. The van der Waals surface area contributed by atoms with E-state index >= 15 is 0 Å². The van der Waals surface area contributed by atoms with Gasteiger partial charge in [0.1, 0.15) is 12.4 Å². The molecule has 0 aliphatic carbocycles. The molecule has 0 spiro atoms. The normalized spacial score (nSPS) is 16.0. The molecule has 122 valence electrons. The van der Waals surface area contributed by atoms with Gasteiger partial charge in [0.2, 0.25) is 0 Å². The third-order valence-corrected chi connectivity index (χ3v) is 4.16. The molecule has 0 unspecified atom stereocenters. The summed E-state index contributed by atoms with van der Waals surface area (Å²) in [7, 11) is 0. The summed E-state index contributed by atoms with van der Waals surface area (Å²) in [6, 6.07) is 15.3. The molecule has 0 aromatic heterocycles. The molecule has 23 heavy (non-hydrogen) atoms. The molecule has 0 amide bonds. The number of hydrogen-bond donors (Lipinski definition) is 1. The van der Waals surface area contributed by atoms with Crippen molar-refractivity contribution in [3.05, 3.63) is 64.7 Å². The van der Waals surface area contributed by atoms with E-state index in [1.54, 1.807) is 0 Å². The van der Waals surface area contributed by atoms with Crippen LogP contribution in [0, 0.1) is 0 Å². The van der Waals surface area contributed by atoms with Crippen LogP contribution in [0.5, 0.6) is 5.75 Å². The standard InChI is InChI=1S/C20H25NO2/c1-2-16-6-7-20-19(13-16)14-17-4-3-5-18(12-17)15-21-8-9-22-10-11-23-20/h3-7,12-13,21H,2,8-11,14-15H2,1H3. The smallest absolute Gasteiger partial charge is 0.122 e. The molecule has 3 heteroatoms. The Kier molecular flexibility index (Phi) is 5.67. The Morgan fingerprint density at radius 1 is 1.00 bits per heavy atom. The first-order valence-corrected chi connectivity index (χ1v) is 8.46. The van der Waals surface area contributed by atoms with Crippen LogP contribution >= 0.6 is 0 Å². The lowest BCUT2D eigenvalue weighted by Crippen LogP contribution is -2.21. The molecule has 0 saturated carbocycles. The Morgan fingerprint density at radius 3 is 2.83 bits per heavy atom. The zero-order valence-corrected chi connectivity index (χ0v) is 13.8. The second-order valence-corrected chi connectivity index (χ2v) is 5.93. The largest absolute Gasteiger partial charge is 0.491 e. The molecule has 3 rings (SSSR count). The van der Waals surface area contributed by atoms with E-state index in [9.17, 15) is 0 Å². The maximum Gasteiger partial charge on any atom is 0.122 e. The van der Waals surface area contributed by atoms with Gasteiger partial charge in [-0.15, -0.1) is 0 Å². The van der Waals surface area contributed by atoms with E-state index in [2.05, 4.69) is 54.7 Å². The number of nitrogens with one attached hydrogen (secondary N) is 1. The van der Waals surface area contributed by atoms with Crippen LogP contribution in [0.4, 0.5) is 0 Å². The monoisotopic (exact) mass is 311 g/mol. The molecular weight excluding hydrogens is 286 g/mol. The molecule has 0 saturated heterocycles. The van der Waals surface area contributed by atoms with E-state index in [1.165, 1.54) is 22.3 Å². The number of ether oxygens (including phenoxy) is 2. The second-order valence-electron chi connectivity index (χ2n) is 5.93. The first-order valence-electron chi connectivity index (χ1n) is 8.46. The lowest BCUT2D eigenvalue weighted by atomic mass is 9.99. The fourth-order valence-corrected chi connectivity index (χ4v) is 2.89. The van der Waals surface area contributed by atoms with Crippen LogP contribution < -0.4 is 10.1 Å². The highest BCUT2D eigenvalue weighted by molar-refractivity contribution is 5.41. The summed E-state index contributed by atoms with van der Waals surface area (Å²) >= 11 is 0. The van der Waals surface area contributed by atoms with Gasteiger partial charge in [-0.1, -0.05) is 43.3 Å². The summed E-state index contributed by atoms with van der Waals surface area (Å²) in [5.74, 6) is 0.978. The zero-order chi connectivity index (χ0) is 15.9. The van der Waals surface area contributed by atoms with E-state index in [0.29, 0.717) is 19.8 Å². The number of fused-ring (bicyclic) bond motifs is 3. The van der Waals surface area contributed by atoms with Crippen LogP contribution in [0.2, 0.25) is 0 Å². The first kappa shape index (κ1) is 16.0. The van der Waals surface area contributed by atoms with Crippen molar-refractivity contribution in [2.24, 2.45) is 0 Å². The van der Waals surface area contributed by atoms with Gasteiger partial charge >= 0.3 is 0 Å². The molecule has 2 aromatic rings. The van der Waals surface area contributed by atoms with Gasteiger partial charge in [-0.25, -0.2) is 0 Å². The van der Waals surface area contributed by atoms with Crippen molar-refractivity contribution in [2.45, 2.75) is 26.3 Å². The van der Waals surface area contributed by atoms with Gasteiger partial charge in [-0.3, -0.25) is 0 Å². The Balaban J connectivity index is 1.89. The second kappa shape index (κ2) is 8.14. The molecule has 1 heterocycles. The lowest BCUT2D eigenvalue weighted by molar-refractivity contribution is 0.101. The molecule has 1 aliphatic heterocycles. The zero-order valence-electron chi connectivity index (χ0n) is 13.8. The Morgan fingerprint density at radius 2 is 1.91 bits per heavy atom. The van der Waals surface area contributed by atoms with Crippen LogP contribution in [-0.4, -0.2) is 26.4 Å². The minimum Gasteiger partial charge on any atom is -0.491 e. The summed E-state index contributed by atoms with van der Waals surface area (Å²) in [4.78, 5) is 0. The van der Waals surface area contributed by atoms with Gasteiger partial charge < -0.3 is 14.8 Å². The van der Waals surface area contributed by atoms with Crippen LogP contribution in [0.15, 0.2) is 42.5 Å². The third-order valence-electron chi connectivity index (χ3n) is 4.16. The van der Waals surface area contributed by atoms with Gasteiger partial charge in [0, 0.05) is 19.5 Å². The van der Waals surface area contributed by atoms with E-state index < -0.39 is 0 Å². The summed E-state index contributed by atoms with van der Waals surface area (Å²) in [5.41, 5.74) is 5.25. The highest BCUT2D eigenvalue weighted by Crippen LogP contribution is 2.24. The number of aryl methyl sites for hydroxylation is 1. The molecule has 0 fully saturated rings. The lowest BCUT2D eigenvalue weighted by Gasteiger charge is -2.15. The van der Waals surface area contributed by atoms with Gasteiger partial charge in [0.25, 0.3) is 0 Å². The third kappa shape index (κ3) is 4.57. The molecule has 3 nitrogen and oxygen atoms in total. The highest BCUT2D eigenvalue weighted by Gasteiger charge is 2.08. The van der Waals surface area contributed by atoms with E-state index in [-0.39, 0.29) is 0 Å². The van der Waals surface area contributed by atoms with Gasteiger partial charge in [-0.2, -0.15) is 0 Å². The fraction of sp³-hybridized carbons (Fsp3) is 0.400. The van der Waals surface area contributed by atoms with Crippen molar-refractivity contribution >= 4 is 0 Å². The minimum atomic E-state index is 0.596. The van der Waals surface area contributed by atoms with Gasteiger partial charge in [-0.05, 0) is 34.7 Å². The van der Waals surface area contributed by atoms with E-state index in [4.69, 9.17) is 9.47 Å². The predicted octanol–water partition coefficient (Wildman–Crippen LogP) is 3.34. The summed E-state index contributed by atoms with van der Waals surface area (Å²) < 4.78 is 11.6. The first-order chi connectivity index (χ1) is 11.3. The predicted molar refractivity (Wildman–Crippen MR) is 93.1 cm³/mol. The van der Waals surface area contributed by atoms with Crippen LogP contribution in [-0.2, 0) is 24.1 Å². The van der Waals surface area contributed by atoms with Crippen LogP contribution in [0.1, 0.15) is 29.2 Å². The van der Waals surface area contributed by atoms with Crippen molar-refractivity contribution in [3.63, 3.8) is 0 Å². The van der Waals surface area contributed by atoms with Gasteiger partial charge in [0.15, 0.2) is 0 Å². The summed E-state index contributed by atoms with van der Waals surface area (Å²) in [6.07, 6.45) is 1.94. The van der Waals surface area contributed by atoms with Crippen molar-refractivity contribution in [2.75, 3.05) is 26.4 Å². The number of hydrogen-bond acceptors (Lipinski definition) is 3. The number of rotatable bonds is 1. The molecular formula is C20H25NO2. The topological polar surface area (TPSA) is 30.5 Å². The van der Waals surface area contributed by atoms with E-state index in [1.807, 2.05) is 0 Å². The molecule has 1 aliphatic rings. The fourth-order valence-electron chi connectivity index (χ4n) is 2.89. The minimum absolute atomic E-state index is 0.596. The Labute approximate surface area is 138 Å². The van der Waals surface area contributed by atoms with Crippen molar-refractivity contribution < 1.29 is 9.47 Å². The Bertz CT molecular complexity index is 639. The summed E-state index contributed by atoms with van der Waals surface area (Å²) in [6.45, 7) is 5.87. The maximum atomic E-state index is 5.96. The van der Waals surface area contributed by atoms with Crippen molar-refractivity contribution in [1.29, 1.82) is 0 Å². The quantitative estimate of drug-likeness (QED) is 0.876. The molecule has 0 radical (unpaired) electrons. The SMILES string of the molecule is CCc1ccc2c(c1)Cc1cccc(c1)CNCCOCCO2. The molecule has 2 aromatic carbocycles. The van der Waals surface area contributed by atoms with Gasteiger partial charge in [0.05, 0.1) is 13.2 Å². The number of benzene rings is 2. The average molecular weight is 311 g/mol. The molecule has 0 atom stereocenters. The Hall–Kier alpha value is -1.84. The van der Waals surface area contributed by atoms with E-state index in [0.717, 1.165) is 31.7 Å². The average Bonchev–Trinajstić information content (AvgIpc) is 2.58. The summed E-state index contributed by atoms with van der Waals surface area (Å²) in [5, 5.41) is 3.42. The molecule has 2 bridgehead atoms. The maximum absolute atomic E-state index is 5.96. The van der Waals surface area contributed by atoms with Crippen LogP contribution in [0.25, 0.3) is 0 Å².